The van der Waals surface area contributed by atoms with Crippen molar-refractivity contribution >= 4 is 23.4 Å². The normalized spacial score (nSPS) is 19.1. The molecule has 0 unspecified atom stereocenters. The molecule has 0 bridgehead atoms. The van der Waals surface area contributed by atoms with Crippen LogP contribution < -0.4 is 10.1 Å². The molecule has 0 aromatic heterocycles. The van der Waals surface area contributed by atoms with Crippen LogP contribution >= 0.6 is 11.6 Å². The van der Waals surface area contributed by atoms with Gasteiger partial charge < -0.3 is 15.0 Å². The number of benzene rings is 1. The molecular weight excluding hydrogens is 354 g/mol. The summed E-state index contributed by atoms with van der Waals surface area (Å²) in [4.78, 5) is 28.5. The average molecular weight is 380 g/mol. The lowest BCUT2D eigenvalue weighted by molar-refractivity contribution is -0.134. The molecular formula is C19H26ClN3O3. The minimum Gasteiger partial charge on any atom is -0.493 e. The zero-order valence-electron chi connectivity index (χ0n) is 15.1. The van der Waals surface area contributed by atoms with Crippen LogP contribution in [0.15, 0.2) is 24.3 Å². The summed E-state index contributed by atoms with van der Waals surface area (Å²) in [6.45, 7) is 5.05. The predicted octanol–water partition coefficient (Wildman–Crippen LogP) is 1.92. The van der Waals surface area contributed by atoms with E-state index in [4.69, 9.17) is 16.3 Å². The standard InChI is InChI=1S/C19H26ClN3O3/c1-14(19(25)21-16-4-5-16)22-9-11-23(12-10-22)18(24)8-13-26-17-6-2-15(20)3-7-17/h2-3,6-7,14,16H,4-5,8-13H2,1H3,(H,21,25)/t14-/m0/s1. The van der Waals surface area contributed by atoms with Crippen molar-refractivity contribution in [2.75, 3.05) is 32.8 Å². The predicted molar refractivity (Wildman–Crippen MR) is 100 cm³/mol. The fraction of sp³-hybridized carbons (Fsp3) is 0.579. The molecule has 1 saturated carbocycles. The van der Waals surface area contributed by atoms with Crippen LogP contribution in [0.2, 0.25) is 5.02 Å². The van der Waals surface area contributed by atoms with Crippen LogP contribution in [0.4, 0.5) is 0 Å². The summed E-state index contributed by atoms with van der Waals surface area (Å²) in [7, 11) is 0. The van der Waals surface area contributed by atoms with Crippen LogP contribution in [-0.4, -0.2) is 66.5 Å². The van der Waals surface area contributed by atoms with Gasteiger partial charge in [-0.3, -0.25) is 14.5 Å². The molecule has 26 heavy (non-hydrogen) atoms. The Labute approximate surface area is 159 Å². The summed E-state index contributed by atoms with van der Waals surface area (Å²) in [5.74, 6) is 0.903. The molecule has 0 spiro atoms. The monoisotopic (exact) mass is 379 g/mol. The smallest absolute Gasteiger partial charge is 0.237 e. The van der Waals surface area contributed by atoms with Gasteiger partial charge in [-0.25, -0.2) is 0 Å². The summed E-state index contributed by atoms with van der Waals surface area (Å²) in [6, 6.07) is 7.35. The van der Waals surface area contributed by atoms with E-state index in [0.29, 0.717) is 42.9 Å². The molecule has 1 aliphatic heterocycles. The van der Waals surface area contributed by atoms with Crippen molar-refractivity contribution in [1.29, 1.82) is 0 Å². The molecule has 1 aliphatic carbocycles. The summed E-state index contributed by atoms with van der Waals surface area (Å²) in [5.41, 5.74) is 0. The summed E-state index contributed by atoms with van der Waals surface area (Å²) in [5, 5.41) is 3.70. The summed E-state index contributed by atoms with van der Waals surface area (Å²) in [6.07, 6.45) is 2.54. The molecule has 2 aliphatic rings. The minimum absolute atomic E-state index is 0.0914. The van der Waals surface area contributed by atoms with E-state index in [0.717, 1.165) is 25.9 Å². The molecule has 1 saturated heterocycles. The fourth-order valence-electron chi connectivity index (χ4n) is 3.02. The van der Waals surface area contributed by atoms with Crippen molar-refractivity contribution in [3.63, 3.8) is 0 Å². The van der Waals surface area contributed by atoms with Gasteiger partial charge in [0, 0.05) is 37.2 Å². The maximum absolute atomic E-state index is 12.3. The third-order valence-electron chi connectivity index (χ3n) is 4.92. The SMILES string of the molecule is C[C@@H](C(=O)NC1CC1)N1CCN(C(=O)CCOc2ccc(Cl)cc2)CC1. The van der Waals surface area contributed by atoms with Gasteiger partial charge in [0.25, 0.3) is 0 Å². The highest BCUT2D eigenvalue weighted by atomic mass is 35.5. The Balaban J connectivity index is 1.36. The summed E-state index contributed by atoms with van der Waals surface area (Å²) < 4.78 is 5.59. The van der Waals surface area contributed by atoms with E-state index in [1.807, 2.05) is 11.8 Å². The Morgan fingerprint density at radius 1 is 1.19 bits per heavy atom. The Kier molecular flexibility index (Phi) is 6.38. The molecule has 1 heterocycles. The third-order valence-corrected chi connectivity index (χ3v) is 5.17. The van der Waals surface area contributed by atoms with Gasteiger partial charge in [0.15, 0.2) is 0 Å². The number of nitrogens with zero attached hydrogens (tertiary/aromatic N) is 2. The van der Waals surface area contributed by atoms with Gasteiger partial charge in [-0.15, -0.1) is 0 Å². The van der Waals surface area contributed by atoms with E-state index in [1.165, 1.54) is 0 Å². The fourth-order valence-corrected chi connectivity index (χ4v) is 3.15. The number of nitrogens with one attached hydrogen (secondary N) is 1. The number of halogens is 1. The molecule has 1 aromatic rings. The first kappa shape index (κ1) is 19.0. The van der Waals surface area contributed by atoms with Crippen LogP contribution in [0.3, 0.4) is 0 Å². The Hall–Kier alpha value is -1.79. The van der Waals surface area contributed by atoms with Crippen molar-refractivity contribution in [2.45, 2.75) is 38.3 Å². The first-order valence-electron chi connectivity index (χ1n) is 9.23. The van der Waals surface area contributed by atoms with Crippen LogP contribution in [0.5, 0.6) is 5.75 Å². The molecule has 3 rings (SSSR count). The molecule has 6 nitrogen and oxygen atoms in total. The molecule has 7 heteroatoms. The van der Waals surface area contributed by atoms with Gasteiger partial charge in [0.05, 0.1) is 19.1 Å². The minimum atomic E-state index is -0.138. The number of carbonyl (C=O) groups excluding carboxylic acids is 2. The molecule has 1 N–H and O–H groups in total. The number of piperazine rings is 1. The van der Waals surface area contributed by atoms with Gasteiger partial charge in [-0.05, 0) is 44.0 Å². The maximum atomic E-state index is 12.3. The second-order valence-electron chi connectivity index (χ2n) is 6.93. The summed E-state index contributed by atoms with van der Waals surface area (Å²) >= 11 is 5.83. The van der Waals surface area contributed by atoms with Crippen molar-refractivity contribution in [3.05, 3.63) is 29.3 Å². The Morgan fingerprint density at radius 3 is 2.46 bits per heavy atom. The van der Waals surface area contributed by atoms with E-state index in [-0.39, 0.29) is 17.9 Å². The lowest BCUT2D eigenvalue weighted by Crippen LogP contribution is -2.55. The van der Waals surface area contributed by atoms with E-state index in [2.05, 4.69) is 10.2 Å². The number of carbonyl (C=O) groups is 2. The molecule has 142 valence electrons. The largest absolute Gasteiger partial charge is 0.493 e. The molecule has 1 atom stereocenters. The van der Waals surface area contributed by atoms with Gasteiger partial charge >= 0.3 is 0 Å². The average Bonchev–Trinajstić information content (AvgIpc) is 3.46. The Bertz CT molecular complexity index is 625. The van der Waals surface area contributed by atoms with Gasteiger partial charge in [0.1, 0.15) is 5.75 Å². The number of hydrogen-bond acceptors (Lipinski definition) is 4. The molecule has 0 radical (unpaired) electrons. The molecule has 1 aromatic carbocycles. The van der Waals surface area contributed by atoms with Crippen LogP contribution in [-0.2, 0) is 9.59 Å². The Morgan fingerprint density at radius 2 is 1.85 bits per heavy atom. The van der Waals surface area contributed by atoms with Gasteiger partial charge in [0.2, 0.25) is 11.8 Å². The lowest BCUT2D eigenvalue weighted by Gasteiger charge is -2.37. The first-order valence-corrected chi connectivity index (χ1v) is 9.61. The van der Waals surface area contributed by atoms with Crippen LogP contribution in [0.25, 0.3) is 0 Å². The molecule has 2 fully saturated rings. The number of ether oxygens (including phenoxy) is 1. The van der Waals surface area contributed by atoms with E-state index >= 15 is 0 Å². The van der Waals surface area contributed by atoms with E-state index in [9.17, 15) is 9.59 Å². The number of rotatable bonds is 7. The topological polar surface area (TPSA) is 61.9 Å². The van der Waals surface area contributed by atoms with Crippen molar-refractivity contribution in [1.82, 2.24) is 15.1 Å². The van der Waals surface area contributed by atoms with E-state index < -0.39 is 0 Å². The third kappa shape index (κ3) is 5.35. The van der Waals surface area contributed by atoms with Crippen molar-refractivity contribution in [2.24, 2.45) is 0 Å². The van der Waals surface area contributed by atoms with Crippen molar-refractivity contribution < 1.29 is 14.3 Å². The highest BCUT2D eigenvalue weighted by molar-refractivity contribution is 6.30. The van der Waals surface area contributed by atoms with E-state index in [1.54, 1.807) is 24.3 Å². The molecule has 2 amide bonds. The second kappa shape index (κ2) is 8.73. The first-order chi connectivity index (χ1) is 12.5. The lowest BCUT2D eigenvalue weighted by atomic mass is 10.2. The van der Waals surface area contributed by atoms with Crippen LogP contribution in [0, 0.1) is 0 Å². The number of hydrogen-bond donors (Lipinski definition) is 1. The zero-order chi connectivity index (χ0) is 18.5. The quantitative estimate of drug-likeness (QED) is 0.786. The van der Waals surface area contributed by atoms with Gasteiger partial charge in [-0.2, -0.15) is 0 Å². The highest BCUT2D eigenvalue weighted by Crippen LogP contribution is 2.19. The number of amides is 2. The highest BCUT2D eigenvalue weighted by Gasteiger charge is 2.30. The second-order valence-corrected chi connectivity index (χ2v) is 7.36. The van der Waals surface area contributed by atoms with Crippen LogP contribution in [0.1, 0.15) is 26.2 Å². The van der Waals surface area contributed by atoms with Gasteiger partial charge in [-0.1, -0.05) is 11.6 Å². The zero-order valence-corrected chi connectivity index (χ0v) is 15.9. The maximum Gasteiger partial charge on any atom is 0.237 e. The van der Waals surface area contributed by atoms with Crippen molar-refractivity contribution in [3.8, 4) is 5.75 Å².